The van der Waals surface area contributed by atoms with Crippen LogP contribution in [-0.2, 0) is 11.2 Å². The van der Waals surface area contributed by atoms with Gasteiger partial charge in [-0.25, -0.2) is 0 Å². The second kappa shape index (κ2) is 7.45. The molecule has 0 bridgehead atoms. The molecule has 1 aliphatic heterocycles. The number of hydrogen-bond acceptors (Lipinski definition) is 2. The summed E-state index contributed by atoms with van der Waals surface area (Å²) in [4.78, 5) is 14.8. The number of fused-ring (bicyclic) bond motifs is 1. The van der Waals surface area contributed by atoms with Crippen LogP contribution in [0.3, 0.4) is 0 Å². The van der Waals surface area contributed by atoms with E-state index >= 15 is 0 Å². The quantitative estimate of drug-likeness (QED) is 0.753. The van der Waals surface area contributed by atoms with Crippen molar-refractivity contribution >= 4 is 11.5 Å². The fraction of sp³-hybridized carbons (Fsp3) is 0.381. The summed E-state index contributed by atoms with van der Waals surface area (Å²) in [6.07, 6.45) is 4.45. The van der Waals surface area contributed by atoms with Crippen LogP contribution in [0.25, 0.3) is 0 Å². The molecule has 1 aliphatic rings. The molecule has 2 heteroatoms. The molecule has 2 nitrogen and oxygen atoms in total. The maximum atomic E-state index is 12.4. The lowest BCUT2D eigenvalue weighted by atomic mass is 9.88. The van der Waals surface area contributed by atoms with Crippen LogP contribution in [0.2, 0.25) is 0 Å². The van der Waals surface area contributed by atoms with E-state index in [9.17, 15) is 4.79 Å². The largest absolute Gasteiger partial charge is 0.364 e. The molecule has 1 unspecified atom stereocenters. The first-order chi connectivity index (χ1) is 11.3. The molecule has 0 amide bonds. The third kappa shape index (κ3) is 3.64. The number of hydrogen-bond donors (Lipinski definition) is 0. The van der Waals surface area contributed by atoms with Gasteiger partial charge in [0, 0.05) is 25.1 Å². The van der Waals surface area contributed by atoms with Crippen molar-refractivity contribution in [2.24, 2.45) is 0 Å². The molecule has 0 saturated heterocycles. The fourth-order valence-electron chi connectivity index (χ4n) is 3.49. The Hall–Kier alpha value is -2.09. The van der Waals surface area contributed by atoms with E-state index in [4.69, 9.17) is 0 Å². The van der Waals surface area contributed by atoms with Gasteiger partial charge in [-0.3, -0.25) is 4.79 Å². The minimum atomic E-state index is 0.173. The van der Waals surface area contributed by atoms with Crippen LogP contribution in [0.1, 0.15) is 49.8 Å². The Bertz CT molecular complexity index is 650. The van der Waals surface area contributed by atoms with E-state index in [0.717, 1.165) is 25.8 Å². The summed E-state index contributed by atoms with van der Waals surface area (Å²) in [5.74, 6) is 0.384. The van der Waals surface area contributed by atoms with Crippen LogP contribution >= 0.6 is 0 Å². The van der Waals surface area contributed by atoms with Gasteiger partial charge >= 0.3 is 0 Å². The third-order valence-electron chi connectivity index (χ3n) is 4.73. The van der Waals surface area contributed by atoms with Crippen molar-refractivity contribution in [2.75, 3.05) is 11.4 Å². The number of anilines is 1. The lowest BCUT2D eigenvalue weighted by molar-refractivity contribution is -0.119. The van der Waals surface area contributed by atoms with E-state index in [0.29, 0.717) is 18.6 Å². The van der Waals surface area contributed by atoms with Crippen molar-refractivity contribution in [3.05, 3.63) is 65.7 Å². The highest BCUT2D eigenvalue weighted by atomic mass is 16.1. The molecule has 0 radical (unpaired) electrons. The molecule has 0 spiro atoms. The fourth-order valence-corrected chi connectivity index (χ4v) is 3.49. The number of carbonyl (C=O) groups excluding carboxylic acids is 1. The van der Waals surface area contributed by atoms with Gasteiger partial charge in [-0.15, -0.1) is 0 Å². The van der Waals surface area contributed by atoms with E-state index in [-0.39, 0.29) is 6.04 Å². The van der Waals surface area contributed by atoms with Crippen molar-refractivity contribution in [3.8, 4) is 0 Å². The molecule has 23 heavy (non-hydrogen) atoms. The van der Waals surface area contributed by atoms with Crippen molar-refractivity contribution < 1.29 is 4.79 Å². The van der Waals surface area contributed by atoms with Gasteiger partial charge in [0.2, 0.25) is 0 Å². The Kier molecular flexibility index (Phi) is 5.12. The zero-order valence-corrected chi connectivity index (χ0v) is 13.9. The van der Waals surface area contributed by atoms with Gasteiger partial charge in [-0.2, -0.15) is 0 Å². The molecule has 0 aliphatic carbocycles. The van der Waals surface area contributed by atoms with Gasteiger partial charge in [0.1, 0.15) is 5.78 Å². The number of rotatable bonds is 6. The van der Waals surface area contributed by atoms with E-state index in [1.807, 2.05) is 6.07 Å². The molecule has 120 valence electrons. The molecule has 1 heterocycles. The second-order valence-electron chi connectivity index (χ2n) is 6.34. The monoisotopic (exact) mass is 307 g/mol. The number of ketones is 1. The minimum Gasteiger partial charge on any atom is -0.364 e. The summed E-state index contributed by atoms with van der Waals surface area (Å²) in [6.45, 7) is 3.12. The molecule has 0 N–H and O–H groups in total. The van der Waals surface area contributed by atoms with Crippen LogP contribution in [0, 0.1) is 0 Å². The predicted molar refractivity (Wildman–Crippen MR) is 95.8 cm³/mol. The lowest BCUT2D eigenvalue weighted by Crippen LogP contribution is -2.36. The molecule has 3 rings (SSSR count). The molecule has 2 aromatic carbocycles. The number of unbranched alkanes of at least 4 members (excludes halogenated alkanes) is 1. The number of benzene rings is 2. The molecule has 1 atom stereocenters. The van der Waals surface area contributed by atoms with Gasteiger partial charge in [0.15, 0.2) is 0 Å². The maximum absolute atomic E-state index is 12.4. The standard InChI is InChI=1S/C21H25NO/c1-2-3-12-19(23)16-21-20-13-8-7-9-17(20)14-15-22(21)18-10-5-4-6-11-18/h4-11,13,21H,2-3,12,14-16H2,1H3. The van der Waals surface area contributed by atoms with Crippen molar-refractivity contribution in [1.29, 1.82) is 0 Å². The Morgan fingerprint density at radius 1 is 1.09 bits per heavy atom. The molecular weight excluding hydrogens is 282 g/mol. The maximum Gasteiger partial charge on any atom is 0.135 e. The first-order valence-electron chi connectivity index (χ1n) is 8.70. The summed E-state index contributed by atoms with van der Waals surface area (Å²) in [6, 6.07) is 19.3. The summed E-state index contributed by atoms with van der Waals surface area (Å²) in [7, 11) is 0. The summed E-state index contributed by atoms with van der Waals surface area (Å²) in [5, 5.41) is 0. The Morgan fingerprint density at radius 3 is 2.61 bits per heavy atom. The zero-order valence-electron chi connectivity index (χ0n) is 13.9. The molecule has 2 aromatic rings. The van der Waals surface area contributed by atoms with Crippen molar-refractivity contribution in [2.45, 2.75) is 45.1 Å². The Morgan fingerprint density at radius 2 is 1.83 bits per heavy atom. The van der Waals surface area contributed by atoms with E-state index in [2.05, 4.69) is 60.4 Å². The topological polar surface area (TPSA) is 20.3 Å². The van der Waals surface area contributed by atoms with Crippen LogP contribution in [0.4, 0.5) is 5.69 Å². The van der Waals surface area contributed by atoms with Crippen LogP contribution < -0.4 is 4.90 Å². The van der Waals surface area contributed by atoms with Crippen LogP contribution in [0.15, 0.2) is 54.6 Å². The van der Waals surface area contributed by atoms with E-state index < -0.39 is 0 Å². The Labute approximate surface area is 139 Å². The van der Waals surface area contributed by atoms with Gasteiger partial charge in [-0.1, -0.05) is 55.8 Å². The van der Waals surface area contributed by atoms with Gasteiger partial charge < -0.3 is 4.90 Å². The minimum absolute atomic E-state index is 0.173. The first kappa shape index (κ1) is 15.8. The zero-order chi connectivity index (χ0) is 16.1. The average molecular weight is 307 g/mol. The SMILES string of the molecule is CCCCC(=O)CC1c2ccccc2CCN1c1ccccc1. The van der Waals surface area contributed by atoms with E-state index in [1.165, 1.54) is 16.8 Å². The predicted octanol–water partition coefficient (Wildman–Crippen LogP) is 4.94. The van der Waals surface area contributed by atoms with Crippen molar-refractivity contribution in [1.82, 2.24) is 0 Å². The van der Waals surface area contributed by atoms with Gasteiger partial charge in [0.25, 0.3) is 0 Å². The third-order valence-corrected chi connectivity index (χ3v) is 4.73. The second-order valence-corrected chi connectivity index (χ2v) is 6.34. The molecular formula is C21H25NO. The van der Waals surface area contributed by atoms with Crippen LogP contribution in [0.5, 0.6) is 0 Å². The van der Waals surface area contributed by atoms with E-state index in [1.54, 1.807) is 0 Å². The van der Waals surface area contributed by atoms with Crippen LogP contribution in [-0.4, -0.2) is 12.3 Å². The normalized spacial score (nSPS) is 16.9. The highest BCUT2D eigenvalue weighted by Crippen LogP contribution is 2.36. The van der Waals surface area contributed by atoms with Gasteiger partial charge in [-0.05, 0) is 36.1 Å². The first-order valence-corrected chi connectivity index (χ1v) is 8.70. The number of nitrogens with zero attached hydrogens (tertiary/aromatic N) is 1. The Balaban J connectivity index is 1.89. The summed E-state index contributed by atoms with van der Waals surface area (Å²) >= 11 is 0. The lowest BCUT2D eigenvalue weighted by Gasteiger charge is -2.39. The smallest absolute Gasteiger partial charge is 0.135 e. The number of para-hydroxylation sites is 1. The summed E-state index contributed by atoms with van der Waals surface area (Å²) in [5.41, 5.74) is 3.94. The number of carbonyl (C=O) groups is 1. The molecule has 0 saturated carbocycles. The average Bonchev–Trinajstić information content (AvgIpc) is 2.61. The van der Waals surface area contributed by atoms with Crippen molar-refractivity contribution in [3.63, 3.8) is 0 Å². The molecule has 0 aromatic heterocycles. The number of Topliss-reactive ketones (excluding diaryl/α,β-unsaturated/α-hetero) is 1. The molecule has 0 fully saturated rings. The summed E-state index contributed by atoms with van der Waals surface area (Å²) < 4.78 is 0. The van der Waals surface area contributed by atoms with Gasteiger partial charge in [0.05, 0.1) is 6.04 Å². The highest BCUT2D eigenvalue weighted by molar-refractivity contribution is 5.80. The highest BCUT2D eigenvalue weighted by Gasteiger charge is 2.28.